The summed E-state index contributed by atoms with van der Waals surface area (Å²) in [4.78, 5) is 28.2. The molecule has 2 aromatic heterocycles. The van der Waals surface area contributed by atoms with Crippen LogP contribution in [0.5, 0.6) is 5.75 Å². The number of benzene rings is 2. The molecule has 1 aliphatic rings. The molecule has 2 amide bonds. The predicted molar refractivity (Wildman–Crippen MR) is 127 cm³/mol. The number of nitrogens with one attached hydrogen (secondary N) is 1. The Morgan fingerprint density at radius 2 is 2.09 bits per heavy atom. The first-order chi connectivity index (χ1) is 16.0. The molecule has 0 atom stereocenters. The fourth-order valence-electron chi connectivity index (χ4n) is 3.52. The van der Waals surface area contributed by atoms with Crippen LogP contribution in [0.4, 0.5) is 9.18 Å². The van der Waals surface area contributed by atoms with Gasteiger partial charge in [0.05, 0.1) is 17.2 Å². The van der Waals surface area contributed by atoms with Gasteiger partial charge >= 0.3 is 0 Å². The Bertz CT molecular complexity index is 1420. The zero-order chi connectivity index (χ0) is 22.9. The van der Waals surface area contributed by atoms with E-state index in [1.165, 1.54) is 23.5 Å². The summed E-state index contributed by atoms with van der Waals surface area (Å²) in [5.41, 5.74) is 2.20. The third kappa shape index (κ3) is 4.42. The third-order valence-corrected chi connectivity index (χ3v) is 6.87. The van der Waals surface area contributed by atoms with Crippen LogP contribution in [0.15, 0.2) is 57.2 Å². The summed E-state index contributed by atoms with van der Waals surface area (Å²) in [6, 6.07) is 11.8. The standard InChI is InChI=1S/C24H17FN2O4S2/c1-13-18(26-23(31-13)15-3-2-4-16(25)11-15)7-9-30-19-6-5-14(21-17(19)8-10-32-21)12-20-22(28)27-24(29)33-20/h2-6,8,10-12H,7,9H2,1H3,(H,27,28,29). The van der Waals surface area contributed by atoms with Crippen LogP contribution in [-0.2, 0) is 11.2 Å². The molecule has 2 aromatic carbocycles. The highest BCUT2D eigenvalue weighted by Gasteiger charge is 2.25. The first-order valence-electron chi connectivity index (χ1n) is 10.1. The van der Waals surface area contributed by atoms with Crippen LogP contribution in [0.2, 0.25) is 0 Å². The summed E-state index contributed by atoms with van der Waals surface area (Å²) in [6.07, 6.45) is 2.25. The Labute approximate surface area is 196 Å². The van der Waals surface area contributed by atoms with E-state index < -0.39 is 0 Å². The largest absolute Gasteiger partial charge is 0.493 e. The second-order valence-electron chi connectivity index (χ2n) is 7.30. The molecular weight excluding hydrogens is 463 g/mol. The molecule has 0 unspecified atom stereocenters. The van der Waals surface area contributed by atoms with Crippen molar-refractivity contribution in [2.24, 2.45) is 0 Å². The van der Waals surface area contributed by atoms with E-state index in [4.69, 9.17) is 9.15 Å². The van der Waals surface area contributed by atoms with Crippen molar-refractivity contribution in [2.45, 2.75) is 13.3 Å². The van der Waals surface area contributed by atoms with Crippen LogP contribution in [0, 0.1) is 12.7 Å². The fraction of sp³-hybridized carbons (Fsp3) is 0.125. The van der Waals surface area contributed by atoms with Crippen molar-refractivity contribution >= 4 is 50.4 Å². The average Bonchev–Trinajstić information content (AvgIpc) is 3.49. The van der Waals surface area contributed by atoms with Crippen molar-refractivity contribution in [3.63, 3.8) is 0 Å². The smallest absolute Gasteiger partial charge is 0.290 e. The molecule has 1 saturated heterocycles. The van der Waals surface area contributed by atoms with Crippen molar-refractivity contribution in [1.29, 1.82) is 0 Å². The SMILES string of the molecule is Cc1oc(-c2cccc(F)c2)nc1CCOc1ccc(C=C2SC(=O)NC2=O)c2sccc12. The van der Waals surface area contributed by atoms with Crippen LogP contribution < -0.4 is 10.1 Å². The third-order valence-electron chi connectivity index (χ3n) is 5.10. The molecular formula is C24H17FN2O4S2. The zero-order valence-corrected chi connectivity index (χ0v) is 19.0. The van der Waals surface area contributed by atoms with Gasteiger partial charge in [-0.15, -0.1) is 11.3 Å². The molecule has 166 valence electrons. The molecule has 6 nitrogen and oxygen atoms in total. The number of fused-ring (bicyclic) bond motifs is 1. The molecule has 0 saturated carbocycles. The van der Waals surface area contributed by atoms with Gasteiger partial charge in [0.15, 0.2) is 0 Å². The van der Waals surface area contributed by atoms with Gasteiger partial charge < -0.3 is 9.15 Å². The minimum Gasteiger partial charge on any atom is -0.493 e. The highest BCUT2D eigenvalue weighted by molar-refractivity contribution is 8.18. The number of halogens is 1. The first kappa shape index (κ1) is 21.4. The number of nitrogens with zero attached hydrogens (tertiary/aromatic N) is 1. The monoisotopic (exact) mass is 480 g/mol. The van der Waals surface area contributed by atoms with Gasteiger partial charge in [-0.1, -0.05) is 6.07 Å². The summed E-state index contributed by atoms with van der Waals surface area (Å²) in [5.74, 6) is 1.05. The predicted octanol–water partition coefficient (Wildman–Crippen LogP) is 5.95. The maximum atomic E-state index is 13.5. The van der Waals surface area contributed by atoms with Gasteiger partial charge in [-0.2, -0.15) is 0 Å². The first-order valence-corrected chi connectivity index (χ1v) is 11.8. The lowest BCUT2D eigenvalue weighted by Gasteiger charge is -2.08. The van der Waals surface area contributed by atoms with Crippen LogP contribution in [0.25, 0.3) is 27.6 Å². The molecule has 33 heavy (non-hydrogen) atoms. The maximum absolute atomic E-state index is 13.5. The van der Waals surface area contributed by atoms with Crippen LogP contribution in [0.1, 0.15) is 17.0 Å². The lowest BCUT2D eigenvalue weighted by Crippen LogP contribution is -2.17. The van der Waals surface area contributed by atoms with Gasteiger partial charge in [0.1, 0.15) is 17.3 Å². The summed E-state index contributed by atoms with van der Waals surface area (Å²) >= 11 is 2.44. The van der Waals surface area contributed by atoms with Crippen molar-refractivity contribution in [3.05, 3.63) is 75.6 Å². The second kappa shape index (κ2) is 8.84. The molecule has 0 aliphatic carbocycles. The molecule has 3 heterocycles. The average molecular weight is 481 g/mol. The number of oxazole rings is 1. The number of imide groups is 1. The van der Waals surface area contributed by atoms with Crippen LogP contribution in [0.3, 0.4) is 0 Å². The van der Waals surface area contributed by atoms with Crippen molar-refractivity contribution < 1.29 is 23.1 Å². The number of thioether (sulfide) groups is 1. The Morgan fingerprint density at radius 3 is 2.88 bits per heavy atom. The van der Waals surface area contributed by atoms with Gasteiger partial charge in [-0.25, -0.2) is 9.37 Å². The minimum absolute atomic E-state index is 0.342. The van der Waals surface area contributed by atoms with Gasteiger partial charge in [0.25, 0.3) is 11.1 Å². The number of hydrogen-bond acceptors (Lipinski definition) is 7. The molecule has 0 spiro atoms. The number of amides is 2. The van der Waals surface area contributed by atoms with Gasteiger partial charge in [0.2, 0.25) is 5.89 Å². The van der Waals surface area contributed by atoms with E-state index >= 15 is 0 Å². The summed E-state index contributed by atoms with van der Waals surface area (Å²) in [7, 11) is 0. The van der Waals surface area contributed by atoms with Gasteiger partial charge in [-0.3, -0.25) is 14.9 Å². The van der Waals surface area contributed by atoms with E-state index in [9.17, 15) is 14.0 Å². The van der Waals surface area contributed by atoms with E-state index in [2.05, 4.69) is 10.3 Å². The summed E-state index contributed by atoms with van der Waals surface area (Å²) in [6.45, 7) is 2.21. The number of hydrogen-bond donors (Lipinski definition) is 1. The Morgan fingerprint density at radius 1 is 1.21 bits per heavy atom. The molecule has 0 radical (unpaired) electrons. The molecule has 1 fully saturated rings. The topological polar surface area (TPSA) is 81.4 Å². The highest BCUT2D eigenvalue weighted by atomic mass is 32.2. The number of carbonyl (C=O) groups excluding carboxylic acids is 2. The van der Waals surface area contributed by atoms with E-state index in [0.29, 0.717) is 35.1 Å². The fourth-order valence-corrected chi connectivity index (χ4v) is 5.09. The maximum Gasteiger partial charge on any atom is 0.290 e. The van der Waals surface area contributed by atoms with Crippen molar-refractivity contribution in [3.8, 4) is 17.2 Å². The van der Waals surface area contributed by atoms with E-state index in [1.54, 1.807) is 18.2 Å². The quantitative estimate of drug-likeness (QED) is 0.344. The normalized spacial score (nSPS) is 14.9. The van der Waals surface area contributed by atoms with Crippen LogP contribution in [-0.4, -0.2) is 22.7 Å². The molecule has 9 heteroatoms. The van der Waals surface area contributed by atoms with E-state index in [1.807, 2.05) is 30.5 Å². The minimum atomic E-state index is -0.379. The number of thiophene rings is 1. The lowest BCUT2D eigenvalue weighted by atomic mass is 10.1. The van der Waals surface area contributed by atoms with Crippen molar-refractivity contribution in [2.75, 3.05) is 6.61 Å². The number of rotatable bonds is 6. The Hall–Kier alpha value is -3.43. The van der Waals surface area contributed by atoms with Gasteiger partial charge in [-0.05, 0) is 72.1 Å². The van der Waals surface area contributed by atoms with Crippen LogP contribution >= 0.6 is 23.1 Å². The molecule has 5 rings (SSSR count). The summed E-state index contributed by atoms with van der Waals surface area (Å²) in [5, 5.41) is 4.79. The van der Waals surface area contributed by atoms with E-state index in [-0.39, 0.29) is 17.0 Å². The summed E-state index contributed by atoms with van der Waals surface area (Å²) < 4.78 is 26.2. The molecule has 1 N–H and O–H groups in total. The number of ether oxygens (including phenoxy) is 1. The Kier molecular flexibility index (Phi) is 5.74. The van der Waals surface area contributed by atoms with Gasteiger partial charge in [0, 0.05) is 22.1 Å². The molecule has 0 bridgehead atoms. The second-order valence-corrected chi connectivity index (χ2v) is 9.23. The number of carbonyl (C=O) groups is 2. The highest BCUT2D eigenvalue weighted by Crippen LogP contribution is 2.36. The zero-order valence-electron chi connectivity index (χ0n) is 17.4. The number of aryl methyl sites for hydroxylation is 1. The van der Waals surface area contributed by atoms with E-state index in [0.717, 1.165) is 38.9 Å². The Balaban J connectivity index is 1.31. The van der Waals surface area contributed by atoms with Crippen molar-refractivity contribution in [1.82, 2.24) is 10.3 Å². The molecule has 1 aliphatic heterocycles. The lowest BCUT2D eigenvalue weighted by molar-refractivity contribution is -0.115. The number of aromatic nitrogens is 1. The molecule has 4 aromatic rings.